The van der Waals surface area contributed by atoms with Gasteiger partial charge < -0.3 is 24.8 Å². The van der Waals surface area contributed by atoms with Crippen LogP contribution in [0.2, 0.25) is 0 Å². The van der Waals surface area contributed by atoms with E-state index in [0.29, 0.717) is 7.25 Å². The molecule has 0 radical (unpaired) electrons. The summed E-state index contributed by atoms with van der Waals surface area (Å²) in [7, 11) is 0. The fourth-order valence-corrected chi connectivity index (χ4v) is 11.8. The van der Waals surface area contributed by atoms with E-state index in [4.69, 9.17) is 0 Å². The first-order valence-electron chi connectivity index (χ1n) is 12.2. The van der Waals surface area contributed by atoms with Gasteiger partial charge in [-0.25, -0.2) is 0 Å². The number of benzene rings is 4. The van der Waals surface area contributed by atoms with Crippen LogP contribution in [-0.2, 0) is 28.6 Å². The molecular weight excluding hydrogens is 558 g/mol. The van der Waals surface area contributed by atoms with Gasteiger partial charge in [0.1, 0.15) is 0 Å². The molecule has 1 aliphatic heterocycles. The van der Waals surface area contributed by atoms with Gasteiger partial charge in [-0.05, 0) is 0 Å². The molecular formula is C33H26Cl2Zr. The standard InChI is InChI=1S/C33H26.2ClH.Zr/c1-23-21-25-13-9-11-19-29(25)31(23)33(27-15-5-3-6-16-27,28-17-7-4-8-18-28)32-24(2)22-26-14-10-12-20-30(26)32;;;/h3-22H,1-2H3;2*1H;/q;;;+2/p-2. The summed E-state index contributed by atoms with van der Waals surface area (Å²) >= 11 is -0.837. The van der Waals surface area contributed by atoms with E-state index in [1.54, 1.807) is 22.3 Å². The van der Waals surface area contributed by atoms with E-state index in [9.17, 15) is 0 Å². The van der Waals surface area contributed by atoms with Crippen molar-refractivity contribution >= 4 is 11.1 Å². The molecule has 0 aromatic heterocycles. The van der Waals surface area contributed by atoms with Crippen molar-refractivity contribution in [2.45, 2.75) is 26.5 Å². The molecule has 4 aromatic carbocycles. The van der Waals surface area contributed by atoms with Gasteiger partial charge in [0, 0.05) is 0 Å². The molecule has 3 heteroatoms. The molecule has 4 bridgehead atoms. The van der Waals surface area contributed by atoms with Crippen LogP contribution in [0.3, 0.4) is 0 Å². The van der Waals surface area contributed by atoms with E-state index in [1.807, 2.05) is 0 Å². The number of halogens is 2. The van der Waals surface area contributed by atoms with Gasteiger partial charge in [-0.2, -0.15) is 0 Å². The fraction of sp³-hybridized carbons (Fsp3) is 0.152. The van der Waals surface area contributed by atoms with Crippen LogP contribution in [0, 0.1) is 0 Å². The topological polar surface area (TPSA) is 0 Å². The zero-order valence-corrected chi connectivity index (χ0v) is 24.3. The summed E-state index contributed by atoms with van der Waals surface area (Å²) in [5.41, 5.74) is 14.8. The molecule has 1 heterocycles. The number of hydrogen-bond acceptors (Lipinski definition) is 0. The van der Waals surface area contributed by atoms with Crippen LogP contribution in [0.15, 0.2) is 120 Å². The third-order valence-corrected chi connectivity index (χ3v) is 13.5. The van der Waals surface area contributed by atoms with Crippen molar-refractivity contribution in [3.63, 3.8) is 0 Å². The summed E-state index contributed by atoms with van der Waals surface area (Å²) in [5, 5.41) is 0. The molecule has 0 amide bonds. The summed E-state index contributed by atoms with van der Waals surface area (Å²) in [6.07, 6.45) is 0. The Bertz CT molecular complexity index is 1390. The number of allylic oxidation sites excluding steroid dienone is 4. The Balaban J connectivity index is 0.00000133. The Morgan fingerprint density at radius 2 is 0.861 bits per heavy atom. The monoisotopic (exact) mass is 582 g/mol. The second-order valence-electron chi connectivity index (χ2n) is 9.81. The minimum absolute atomic E-state index is 0. The average Bonchev–Trinajstić information content (AvgIpc) is 3.35. The van der Waals surface area contributed by atoms with E-state index in [-0.39, 0.29) is 30.2 Å². The largest absolute Gasteiger partial charge is 1.00 e. The van der Waals surface area contributed by atoms with Crippen LogP contribution in [0.1, 0.15) is 54.5 Å². The smallest absolute Gasteiger partial charge is 1.00 e. The van der Waals surface area contributed by atoms with Crippen molar-refractivity contribution in [1.82, 2.24) is 0 Å². The first-order valence-corrected chi connectivity index (χ1v) is 15.0. The molecule has 0 saturated heterocycles. The van der Waals surface area contributed by atoms with Gasteiger partial charge in [0.05, 0.1) is 0 Å². The normalized spacial score (nSPS) is 20.1. The summed E-state index contributed by atoms with van der Waals surface area (Å²) in [4.78, 5) is 0. The Hall–Kier alpha value is -2.18. The SMILES string of the molecule is CC1=C2c3ccccc3[CH]1[Zr+2][CH]1C(C)=C(c3ccccc31)C2(c1ccccc1)c1ccccc1.[Cl-].[Cl-]. The minimum Gasteiger partial charge on any atom is -1.00 e. The fourth-order valence-electron chi connectivity index (χ4n) is 6.97. The maximum Gasteiger partial charge on any atom is -1.00 e. The maximum absolute atomic E-state index is 2.45. The molecule has 0 nitrogen and oxygen atoms in total. The van der Waals surface area contributed by atoms with E-state index >= 15 is 0 Å². The van der Waals surface area contributed by atoms with Gasteiger partial charge in [0.2, 0.25) is 0 Å². The van der Waals surface area contributed by atoms with Crippen LogP contribution in [0.5, 0.6) is 0 Å². The second-order valence-corrected chi connectivity index (χ2v) is 13.5. The van der Waals surface area contributed by atoms with E-state index in [0.717, 1.165) is 0 Å². The van der Waals surface area contributed by atoms with Gasteiger partial charge in [-0.3, -0.25) is 0 Å². The van der Waals surface area contributed by atoms with E-state index < -0.39 is 23.2 Å². The Labute approximate surface area is 237 Å². The van der Waals surface area contributed by atoms with Gasteiger partial charge in [0.15, 0.2) is 0 Å². The summed E-state index contributed by atoms with van der Waals surface area (Å²) in [5.74, 6) is 0. The summed E-state index contributed by atoms with van der Waals surface area (Å²) in [6, 6.07) is 41.3. The zero-order valence-electron chi connectivity index (χ0n) is 20.3. The van der Waals surface area contributed by atoms with Crippen LogP contribution in [0.25, 0.3) is 11.1 Å². The van der Waals surface area contributed by atoms with Crippen molar-refractivity contribution in [3.8, 4) is 0 Å². The molecule has 2 unspecified atom stereocenters. The minimum atomic E-state index is -0.837. The Kier molecular flexibility index (Phi) is 6.80. The molecule has 36 heavy (non-hydrogen) atoms. The van der Waals surface area contributed by atoms with Gasteiger partial charge >= 0.3 is 215 Å². The van der Waals surface area contributed by atoms with Gasteiger partial charge in [-0.15, -0.1) is 0 Å². The van der Waals surface area contributed by atoms with Crippen molar-refractivity contribution in [2.24, 2.45) is 0 Å². The van der Waals surface area contributed by atoms with Gasteiger partial charge in [-0.1, -0.05) is 0 Å². The molecule has 7 rings (SSSR count). The van der Waals surface area contributed by atoms with Crippen molar-refractivity contribution < 1.29 is 48.0 Å². The third kappa shape index (κ3) is 3.29. The molecule has 0 N–H and O–H groups in total. The van der Waals surface area contributed by atoms with Crippen LogP contribution in [-0.4, -0.2) is 0 Å². The van der Waals surface area contributed by atoms with Crippen LogP contribution in [0.4, 0.5) is 0 Å². The molecule has 0 fully saturated rings. The Morgan fingerprint density at radius 3 is 1.28 bits per heavy atom. The first kappa shape index (κ1) is 25.5. The third-order valence-electron chi connectivity index (χ3n) is 8.23. The van der Waals surface area contributed by atoms with Crippen molar-refractivity contribution in [1.29, 1.82) is 0 Å². The maximum atomic E-state index is 2.45. The van der Waals surface area contributed by atoms with E-state index in [1.165, 1.54) is 33.4 Å². The number of hydrogen-bond donors (Lipinski definition) is 0. The van der Waals surface area contributed by atoms with Crippen molar-refractivity contribution in [3.05, 3.63) is 154 Å². The molecule has 2 aliphatic carbocycles. The average molecular weight is 585 g/mol. The molecule has 0 saturated carbocycles. The quantitative estimate of drug-likeness (QED) is 0.339. The second kappa shape index (κ2) is 9.61. The van der Waals surface area contributed by atoms with Crippen LogP contribution >= 0.6 is 0 Å². The first-order chi connectivity index (χ1) is 16.7. The molecule has 3 aliphatic rings. The molecule has 4 aromatic rings. The van der Waals surface area contributed by atoms with Gasteiger partial charge in [0.25, 0.3) is 0 Å². The predicted molar refractivity (Wildman–Crippen MR) is 137 cm³/mol. The summed E-state index contributed by atoms with van der Waals surface area (Å²) in [6.45, 7) is 4.90. The molecule has 2 atom stereocenters. The van der Waals surface area contributed by atoms with Crippen molar-refractivity contribution in [2.75, 3.05) is 0 Å². The predicted octanol–water partition coefficient (Wildman–Crippen LogP) is 2.13. The van der Waals surface area contributed by atoms with Crippen LogP contribution < -0.4 is 24.8 Å². The Morgan fingerprint density at radius 1 is 0.500 bits per heavy atom. The zero-order chi connectivity index (χ0) is 22.9. The number of rotatable bonds is 2. The summed E-state index contributed by atoms with van der Waals surface area (Å²) < 4.78 is 1.24. The number of fused-ring (bicyclic) bond motifs is 8. The molecule has 176 valence electrons. The van der Waals surface area contributed by atoms with E-state index in [2.05, 4.69) is 123 Å². The molecule has 0 spiro atoms.